The number of benzene rings is 1. The number of carbonyl (C=O) groups is 2. The van der Waals surface area contributed by atoms with Crippen molar-refractivity contribution in [3.8, 4) is 5.75 Å². The van der Waals surface area contributed by atoms with Crippen LogP contribution in [0.4, 0.5) is 0 Å². The van der Waals surface area contributed by atoms with Gasteiger partial charge in [-0.05, 0) is 80.8 Å². The largest absolute Gasteiger partial charge is 0.497 e. The number of piperidine rings is 1. The van der Waals surface area contributed by atoms with Gasteiger partial charge in [0.1, 0.15) is 5.75 Å². The maximum Gasteiger partial charge on any atom is 0.223 e. The van der Waals surface area contributed by atoms with Crippen molar-refractivity contribution in [1.82, 2.24) is 15.1 Å². The Morgan fingerprint density at radius 3 is 2.56 bits per heavy atom. The summed E-state index contributed by atoms with van der Waals surface area (Å²) < 4.78 is 5.36. The van der Waals surface area contributed by atoms with Gasteiger partial charge in [-0.2, -0.15) is 0 Å². The topological polar surface area (TPSA) is 61.9 Å². The summed E-state index contributed by atoms with van der Waals surface area (Å²) in [6.07, 6.45) is 5.31. The second kappa shape index (κ2) is 10.7. The van der Waals surface area contributed by atoms with Gasteiger partial charge in [-0.15, -0.1) is 0 Å². The molecule has 1 aromatic rings. The Hall–Kier alpha value is -2.08. The number of amides is 2. The Labute approximate surface area is 193 Å². The van der Waals surface area contributed by atoms with E-state index in [4.69, 9.17) is 4.74 Å². The number of ether oxygens (including phenoxy) is 1. The molecule has 2 aliphatic rings. The summed E-state index contributed by atoms with van der Waals surface area (Å²) in [5.74, 6) is 1.55. The van der Waals surface area contributed by atoms with Crippen molar-refractivity contribution in [3.63, 3.8) is 0 Å². The van der Waals surface area contributed by atoms with Gasteiger partial charge < -0.3 is 19.9 Å². The summed E-state index contributed by atoms with van der Waals surface area (Å²) >= 11 is 0. The number of rotatable bonds is 8. The second-order valence-electron chi connectivity index (χ2n) is 10.6. The van der Waals surface area contributed by atoms with Gasteiger partial charge in [0.15, 0.2) is 0 Å². The molecule has 1 aliphatic carbocycles. The summed E-state index contributed by atoms with van der Waals surface area (Å²) in [5.41, 5.74) is 2.66. The standard InChI is InChI=1S/C26H41N3O3/c1-26(2,18-28(3)4)17-27-25(31)19-11-13-29(14-12-19)24(30)16-21-8-6-7-20-15-22(32-5)9-10-23(20)21/h9-10,15,19,21H,6-8,11-14,16-18H2,1-5H3,(H,27,31). The molecule has 1 unspecified atom stereocenters. The number of likely N-dealkylation sites (tertiary alicyclic amines) is 1. The molecule has 0 spiro atoms. The number of fused-ring (bicyclic) bond motifs is 1. The molecule has 1 N–H and O–H groups in total. The van der Waals surface area contributed by atoms with Crippen LogP contribution in [0.3, 0.4) is 0 Å². The molecule has 0 bridgehead atoms. The molecular weight excluding hydrogens is 402 g/mol. The SMILES string of the molecule is COc1ccc2c(c1)CCCC2CC(=O)N1CCC(C(=O)NCC(C)(C)CN(C)C)CC1. The smallest absolute Gasteiger partial charge is 0.223 e. The van der Waals surface area contributed by atoms with Gasteiger partial charge in [0.2, 0.25) is 11.8 Å². The van der Waals surface area contributed by atoms with Crippen LogP contribution < -0.4 is 10.1 Å². The summed E-state index contributed by atoms with van der Waals surface area (Å²) in [6, 6.07) is 6.26. The molecule has 3 rings (SSSR count). The lowest BCUT2D eigenvalue weighted by molar-refractivity contribution is -0.136. The summed E-state index contributed by atoms with van der Waals surface area (Å²) in [7, 11) is 5.80. The van der Waals surface area contributed by atoms with Gasteiger partial charge in [-0.25, -0.2) is 0 Å². The molecule has 6 heteroatoms. The van der Waals surface area contributed by atoms with Gasteiger partial charge in [0, 0.05) is 38.5 Å². The number of methoxy groups -OCH3 is 1. The quantitative estimate of drug-likeness (QED) is 0.669. The lowest BCUT2D eigenvalue weighted by Gasteiger charge is -2.34. The highest BCUT2D eigenvalue weighted by atomic mass is 16.5. The van der Waals surface area contributed by atoms with Crippen LogP contribution in [0, 0.1) is 11.3 Å². The van der Waals surface area contributed by atoms with E-state index in [2.05, 4.69) is 50.3 Å². The highest BCUT2D eigenvalue weighted by Crippen LogP contribution is 2.36. The van der Waals surface area contributed by atoms with Crippen LogP contribution in [0.15, 0.2) is 18.2 Å². The zero-order chi connectivity index (χ0) is 23.3. The minimum Gasteiger partial charge on any atom is -0.497 e. The van der Waals surface area contributed by atoms with Gasteiger partial charge >= 0.3 is 0 Å². The van der Waals surface area contributed by atoms with E-state index < -0.39 is 0 Å². The summed E-state index contributed by atoms with van der Waals surface area (Å²) in [6.45, 7) is 7.31. The van der Waals surface area contributed by atoms with E-state index in [1.54, 1.807) is 7.11 Å². The molecule has 32 heavy (non-hydrogen) atoms. The molecule has 6 nitrogen and oxygen atoms in total. The Bertz CT molecular complexity index is 798. The van der Waals surface area contributed by atoms with Crippen LogP contribution in [0.25, 0.3) is 0 Å². The lowest BCUT2D eigenvalue weighted by Crippen LogP contribution is -2.46. The molecule has 1 fully saturated rings. The zero-order valence-electron chi connectivity index (χ0n) is 20.6. The fraction of sp³-hybridized carbons (Fsp3) is 0.692. The van der Waals surface area contributed by atoms with Crippen LogP contribution in [-0.4, -0.2) is 69.0 Å². The first kappa shape index (κ1) is 24.6. The van der Waals surface area contributed by atoms with Gasteiger partial charge in [0.25, 0.3) is 0 Å². The molecule has 0 aromatic heterocycles. The van der Waals surface area contributed by atoms with E-state index in [9.17, 15) is 9.59 Å². The van der Waals surface area contributed by atoms with Crippen LogP contribution in [0.1, 0.15) is 63.0 Å². The lowest BCUT2D eigenvalue weighted by atomic mass is 9.80. The third-order valence-electron chi connectivity index (χ3n) is 6.91. The minimum atomic E-state index is 0.0112. The first-order valence-electron chi connectivity index (χ1n) is 12.1. The third-order valence-corrected chi connectivity index (χ3v) is 6.91. The highest BCUT2D eigenvalue weighted by molar-refractivity contribution is 5.80. The average Bonchev–Trinajstić information content (AvgIpc) is 2.76. The van der Waals surface area contributed by atoms with Crippen LogP contribution >= 0.6 is 0 Å². The molecule has 1 aliphatic heterocycles. The summed E-state index contributed by atoms with van der Waals surface area (Å²) in [4.78, 5) is 29.8. The first-order chi connectivity index (χ1) is 15.2. The Morgan fingerprint density at radius 2 is 1.91 bits per heavy atom. The first-order valence-corrected chi connectivity index (χ1v) is 12.1. The monoisotopic (exact) mass is 443 g/mol. The van der Waals surface area contributed by atoms with Crippen molar-refractivity contribution in [2.45, 2.75) is 58.3 Å². The summed E-state index contributed by atoms with van der Waals surface area (Å²) in [5, 5.41) is 3.15. The van der Waals surface area contributed by atoms with E-state index >= 15 is 0 Å². The van der Waals surface area contributed by atoms with Crippen molar-refractivity contribution in [2.24, 2.45) is 11.3 Å². The molecule has 1 heterocycles. The number of nitrogens with zero attached hydrogens (tertiary/aromatic N) is 2. The molecule has 1 saturated heterocycles. The normalized spacial score (nSPS) is 19.6. The van der Waals surface area contributed by atoms with E-state index in [1.807, 2.05) is 11.0 Å². The molecule has 0 saturated carbocycles. The number of hydrogen-bond donors (Lipinski definition) is 1. The number of hydrogen-bond acceptors (Lipinski definition) is 4. The molecule has 178 valence electrons. The van der Waals surface area contributed by atoms with E-state index in [1.165, 1.54) is 11.1 Å². The van der Waals surface area contributed by atoms with Gasteiger partial charge in [0.05, 0.1) is 7.11 Å². The Kier molecular flexibility index (Phi) is 8.21. The van der Waals surface area contributed by atoms with E-state index in [0.29, 0.717) is 26.1 Å². The third kappa shape index (κ3) is 6.47. The van der Waals surface area contributed by atoms with Crippen molar-refractivity contribution in [1.29, 1.82) is 0 Å². The zero-order valence-corrected chi connectivity index (χ0v) is 20.6. The van der Waals surface area contributed by atoms with Crippen molar-refractivity contribution in [3.05, 3.63) is 29.3 Å². The van der Waals surface area contributed by atoms with E-state index in [0.717, 1.165) is 44.4 Å². The van der Waals surface area contributed by atoms with Crippen LogP contribution in [0.5, 0.6) is 5.75 Å². The van der Waals surface area contributed by atoms with Crippen molar-refractivity contribution >= 4 is 11.8 Å². The molecule has 1 atom stereocenters. The average molecular weight is 444 g/mol. The van der Waals surface area contributed by atoms with E-state index in [-0.39, 0.29) is 29.1 Å². The molecular formula is C26H41N3O3. The van der Waals surface area contributed by atoms with Crippen LogP contribution in [0.2, 0.25) is 0 Å². The predicted molar refractivity (Wildman–Crippen MR) is 128 cm³/mol. The highest BCUT2D eigenvalue weighted by Gasteiger charge is 2.31. The Balaban J connectivity index is 1.47. The predicted octanol–water partition coefficient (Wildman–Crippen LogP) is 3.45. The fourth-order valence-corrected chi connectivity index (χ4v) is 5.34. The fourth-order valence-electron chi connectivity index (χ4n) is 5.34. The van der Waals surface area contributed by atoms with Crippen molar-refractivity contribution in [2.75, 3.05) is 47.4 Å². The second-order valence-corrected chi connectivity index (χ2v) is 10.6. The molecule has 2 amide bonds. The molecule has 1 aromatic carbocycles. The maximum absolute atomic E-state index is 13.0. The Morgan fingerprint density at radius 1 is 1.19 bits per heavy atom. The number of carbonyl (C=O) groups excluding carboxylic acids is 2. The number of nitrogens with one attached hydrogen (secondary N) is 1. The molecule has 0 radical (unpaired) electrons. The van der Waals surface area contributed by atoms with Crippen molar-refractivity contribution < 1.29 is 14.3 Å². The van der Waals surface area contributed by atoms with Gasteiger partial charge in [-0.1, -0.05) is 19.9 Å². The number of aryl methyl sites for hydroxylation is 1. The van der Waals surface area contributed by atoms with Crippen LogP contribution in [-0.2, 0) is 16.0 Å². The van der Waals surface area contributed by atoms with Gasteiger partial charge in [-0.3, -0.25) is 9.59 Å². The maximum atomic E-state index is 13.0. The minimum absolute atomic E-state index is 0.0112.